The highest BCUT2D eigenvalue weighted by atomic mass is 35.5. The van der Waals surface area contributed by atoms with Gasteiger partial charge in [0.25, 0.3) is 0 Å². The van der Waals surface area contributed by atoms with Crippen molar-refractivity contribution in [2.75, 3.05) is 44.9 Å². The molecular weight excluding hydrogens is 236 g/mol. The highest BCUT2D eigenvalue weighted by Crippen LogP contribution is 2.11. The number of piperazine rings is 1. The summed E-state index contributed by atoms with van der Waals surface area (Å²) < 4.78 is 25.4. The van der Waals surface area contributed by atoms with Crippen LogP contribution in [0.3, 0.4) is 0 Å². The first kappa shape index (κ1) is 13.2. The SMILES string of the molecule is CC(CCl)CS(=O)(=O)N1CCN(C)CC1. The summed E-state index contributed by atoms with van der Waals surface area (Å²) in [5, 5.41) is 0. The van der Waals surface area contributed by atoms with E-state index in [9.17, 15) is 8.42 Å². The third-order valence-electron chi connectivity index (χ3n) is 2.61. The maximum atomic E-state index is 11.9. The summed E-state index contributed by atoms with van der Waals surface area (Å²) in [7, 11) is -1.09. The molecule has 0 spiro atoms. The number of halogens is 1. The van der Waals surface area contributed by atoms with Crippen molar-refractivity contribution < 1.29 is 8.42 Å². The zero-order valence-corrected chi connectivity index (χ0v) is 10.9. The van der Waals surface area contributed by atoms with Crippen molar-refractivity contribution in [3.05, 3.63) is 0 Å². The van der Waals surface area contributed by atoms with Crippen molar-refractivity contribution in [3.63, 3.8) is 0 Å². The lowest BCUT2D eigenvalue weighted by molar-refractivity contribution is 0.222. The van der Waals surface area contributed by atoms with Crippen LogP contribution in [-0.2, 0) is 10.0 Å². The van der Waals surface area contributed by atoms with Gasteiger partial charge < -0.3 is 4.90 Å². The van der Waals surface area contributed by atoms with E-state index in [-0.39, 0.29) is 11.7 Å². The first-order chi connectivity index (χ1) is 6.95. The third-order valence-corrected chi connectivity index (χ3v) is 5.28. The molecule has 0 aliphatic carbocycles. The van der Waals surface area contributed by atoms with Crippen LogP contribution in [0.1, 0.15) is 6.92 Å². The molecule has 0 amide bonds. The smallest absolute Gasteiger partial charge is 0.214 e. The highest BCUT2D eigenvalue weighted by Gasteiger charge is 2.26. The molecule has 0 aromatic carbocycles. The van der Waals surface area contributed by atoms with E-state index in [1.165, 1.54) is 0 Å². The minimum atomic E-state index is -3.10. The fourth-order valence-corrected chi connectivity index (χ4v) is 3.58. The van der Waals surface area contributed by atoms with E-state index in [0.29, 0.717) is 19.0 Å². The summed E-state index contributed by atoms with van der Waals surface area (Å²) in [6.45, 7) is 4.70. The maximum absolute atomic E-state index is 11.9. The van der Waals surface area contributed by atoms with Gasteiger partial charge in [0.05, 0.1) is 5.75 Å². The summed E-state index contributed by atoms with van der Waals surface area (Å²) >= 11 is 5.63. The number of hydrogen-bond donors (Lipinski definition) is 0. The van der Waals surface area contributed by atoms with Crippen LogP contribution in [0.5, 0.6) is 0 Å². The molecule has 0 bridgehead atoms. The molecule has 15 heavy (non-hydrogen) atoms. The first-order valence-electron chi connectivity index (χ1n) is 5.18. The molecule has 1 heterocycles. The van der Waals surface area contributed by atoms with Crippen LogP contribution in [0, 0.1) is 5.92 Å². The maximum Gasteiger partial charge on any atom is 0.214 e. The Labute approximate surface area is 97.2 Å². The number of sulfonamides is 1. The molecule has 4 nitrogen and oxygen atoms in total. The average Bonchev–Trinajstić information content (AvgIpc) is 2.17. The van der Waals surface area contributed by atoms with Crippen LogP contribution in [-0.4, -0.2) is 62.5 Å². The van der Waals surface area contributed by atoms with E-state index < -0.39 is 10.0 Å². The van der Waals surface area contributed by atoms with Gasteiger partial charge in [0, 0.05) is 32.1 Å². The summed E-state index contributed by atoms with van der Waals surface area (Å²) in [5.74, 6) is 0.587. The van der Waals surface area contributed by atoms with Gasteiger partial charge in [0.1, 0.15) is 0 Å². The molecule has 0 saturated carbocycles. The Hall–Kier alpha value is 0.160. The molecule has 0 radical (unpaired) electrons. The Bertz CT molecular complexity index is 286. The molecule has 6 heteroatoms. The topological polar surface area (TPSA) is 40.6 Å². The Kier molecular flexibility index (Phi) is 4.83. The molecule has 90 valence electrons. The second kappa shape index (κ2) is 5.48. The van der Waals surface area contributed by atoms with Crippen molar-refractivity contribution in [1.82, 2.24) is 9.21 Å². The average molecular weight is 255 g/mol. The fraction of sp³-hybridized carbons (Fsp3) is 1.00. The van der Waals surface area contributed by atoms with Crippen LogP contribution in [0.4, 0.5) is 0 Å². The quantitative estimate of drug-likeness (QED) is 0.684. The molecule has 1 aliphatic heterocycles. The largest absolute Gasteiger partial charge is 0.304 e. The first-order valence-corrected chi connectivity index (χ1v) is 7.32. The van der Waals surface area contributed by atoms with Gasteiger partial charge in [-0.1, -0.05) is 6.92 Å². The number of alkyl halides is 1. The normalized spacial score (nSPS) is 22.9. The van der Waals surface area contributed by atoms with Gasteiger partial charge in [-0.05, 0) is 13.0 Å². The third kappa shape index (κ3) is 3.90. The Morgan fingerprint density at radius 2 is 1.80 bits per heavy atom. The second-order valence-electron chi connectivity index (χ2n) is 4.24. The van der Waals surface area contributed by atoms with Gasteiger partial charge in [-0.2, -0.15) is 4.31 Å². The van der Waals surface area contributed by atoms with E-state index in [2.05, 4.69) is 4.90 Å². The van der Waals surface area contributed by atoms with Gasteiger partial charge in [0.2, 0.25) is 10.0 Å². The van der Waals surface area contributed by atoms with Crippen LogP contribution < -0.4 is 0 Å². The number of likely N-dealkylation sites (N-methyl/N-ethyl adjacent to an activating group) is 1. The van der Waals surface area contributed by atoms with Gasteiger partial charge >= 0.3 is 0 Å². The monoisotopic (exact) mass is 254 g/mol. The minimum Gasteiger partial charge on any atom is -0.304 e. The predicted octanol–water partition coefficient (Wildman–Crippen LogP) is 0.438. The summed E-state index contributed by atoms with van der Waals surface area (Å²) in [6.07, 6.45) is 0. The van der Waals surface area contributed by atoms with E-state index in [4.69, 9.17) is 11.6 Å². The second-order valence-corrected chi connectivity index (χ2v) is 6.56. The number of nitrogens with zero attached hydrogens (tertiary/aromatic N) is 2. The van der Waals surface area contributed by atoms with Crippen molar-refractivity contribution in [1.29, 1.82) is 0 Å². The summed E-state index contributed by atoms with van der Waals surface area (Å²) in [5.41, 5.74) is 0. The Morgan fingerprint density at radius 3 is 2.27 bits per heavy atom. The molecule has 1 unspecified atom stereocenters. The minimum absolute atomic E-state index is 0.0244. The van der Waals surface area contributed by atoms with Crippen LogP contribution in [0.15, 0.2) is 0 Å². The molecule has 1 saturated heterocycles. The van der Waals surface area contributed by atoms with E-state index in [1.54, 1.807) is 4.31 Å². The molecule has 1 rings (SSSR count). The van der Waals surface area contributed by atoms with Gasteiger partial charge in [0.15, 0.2) is 0 Å². The zero-order valence-electron chi connectivity index (χ0n) is 9.32. The summed E-state index contributed by atoms with van der Waals surface area (Å²) in [4.78, 5) is 2.14. The Morgan fingerprint density at radius 1 is 1.27 bits per heavy atom. The molecule has 0 aromatic heterocycles. The lowest BCUT2D eigenvalue weighted by Gasteiger charge is -2.32. The van der Waals surface area contributed by atoms with E-state index in [1.807, 2.05) is 14.0 Å². The van der Waals surface area contributed by atoms with Crippen LogP contribution in [0.25, 0.3) is 0 Å². The van der Waals surface area contributed by atoms with Crippen LogP contribution in [0.2, 0.25) is 0 Å². The summed E-state index contributed by atoms with van der Waals surface area (Å²) in [6, 6.07) is 0. The molecule has 1 aliphatic rings. The van der Waals surface area contributed by atoms with Crippen LogP contribution >= 0.6 is 11.6 Å². The lowest BCUT2D eigenvalue weighted by Crippen LogP contribution is -2.48. The van der Waals surface area contributed by atoms with E-state index >= 15 is 0 Å². The molecule has 0 aromatic rings. The number of rotatable bonds is 4. The number of hydrogen-bond acceptors (Lipinski definition) is 3. The zero-order chi connectivity index (χ0) is 11.5. The standard InChI is InChI=1S/C9H19ClN2O2S/c1-9(7-10)8-15(13,14)12-5-3-11(2)4-6-12/h9H,3-8H2,1-2H3. The van der Waals surface area contributed by atoms with Gasteiger partial charge in [-0.3, -0.25) is 0 Å². The predicted molar refractivity (Wildman–Crippen MR) is 62.7 cm³/mol. The molecule has 0 N–H and O–H groups in total. The fourth-order valence-electron chi connectivity index (χ4n) is 1.58. The van der Waals surface area contributed by atoms with Gasteiger partial charge in [-0.15, -0.1) is 11.6 Å². The molecule has 1 fully saturated rings. The van der Waals surface area contributed by atoms with E-state index in [0.717, 1.165) is 13.1 Å². The Balaban J connectivity index is 2.54. The van der Waals surface area contributed by atoms with Crippen molar-refractivity contribution in [2.24, 2.45) is 5.92 Å². The van der Waals surface area contributed by atoms with Crippen molar-refractivity contribution in [3.8, 4) is 0 Å². The van der Waals surface area contributed by atoms with Crippen molar-refractivity contribution >= 4 is 21.6 Å². The van der Waals surface area contributed by atoms with Crippen molar-refractivity contribution in [2.45, 2.75) is 6.92 Å². The lowest BCUT2D eigenvalue weighted by atomic mass is 10.3. The molecular formula is C9H19ClN2O2S. The van der Waals surface area contributed by atoms with Gasteiger partial charge in [-0.25, -0.2) is 8.42 Å². The highest BCUT2D eigenvalue weighted by molar-refractivity contribution is 7.89. The molecule has 1 atom stereocenters.